The number of aryl methyl sites for hydroxylation is 1. The summed E-state index contributed by atoms with van der Waals surface area (Å²) in [6, 6.07) is -0.000531. The molecular formula is C20H29N3O3. The van der Waals surface area contributed by atoms with Gasteiger partial charge in [-0.3, -0.25) is 9.59 Å². The van der Waals surface area contributed by atoms with Gasteiger partial charge < -0.3 is 14.7 Å². The highest BCUT2D eigenvalue weighted by atomic mass is 16.5. The number of aromatic nitrogens is 1. The van der Waals surface area contributed by atoms with Gasteiger partial charge in [-0.15, -0.1) is 0 Å². The van der Waals surface area contributed by atoms with Gasteiger partial charge in [0.15, 0.2) is 0 Å². The maximum absolute atomic E-state index is 13.3. The van der Waals surface area contributed by atoms with Crippen LogP contribution < -0.4 is 5.32 Å². The lowest BCUT2D eigenvalue weighted by molar-refractivity contribution is -0.144. The van der Waals surface area contributed by atoms with Crippen LogP contribution in [0.1, 0.15) is 68.5 Å². The smallest absolute Gasteiger partial charge is 0.256 e. The molecule has 1 N–H and O–H groups in total. The first kappa shape index (κ1) is 17.6. The molecule has 2 heterocycles. The Morgan fingerprint density at radius 3 is 2.65 bits per heavy atom. The van der Waals surface area contributed by atoms with E-state index in [2.05, 4.69) is 24.3 Å². The fourth-order valence-corrected chi connectivity index (χ4v) is 5.07. The molecule has 26 heavy (non-hydrogen) atoms. The molecular weight excluding hydrogens is 330 g/mol. The molecule has 3 atom stereocenters. The molecule has 142 valence electrons. The molecule has 2 saturated carbocycles. The van der Waals surface area contributed by atoms with E-state index in [9.17, 15) is 9.59 Å². The van der Waals surface area contributed by atoms with E-state index in [0.717, 1.165) is 45.1 Å². The molecule has 3 unspecified atom stereocenters. The molecule has 4 rings (SSSR count). The number of nitrogens with one attached hydrogen (secondary N) is 1. The zero-order chi connectivity index (χ0) is 18.5. The Labute approximate surface area is 154 Å². The SMILES string of the molecule is Cc1oncc1C(=O)NC1CN(C(=O)C2(C)CCC(C)C2)CC2(CC2)C1. The van der Waals surface area contributed by atoms with Crippen molar-refractivity contribution in [3.05, 3.63) is 17.5 Å². The van der Waals surface area contributed by atoms with E-state index in [-0.39, 0.29) is 28.7 Å². The number of hydrogen-bond donors (Lipinski definition) is 1. The number of amides is 2. The van der Waals surface area contributed by atoms with Gasteiger partial charge in [-0.25, -0.2) is 0 Å². The standard InChI is InChI=1S/C20H29N3O3/c1-13-4-5-19(3,8-13)18(25)23-11-15(9-20(12-23)6-7-20)22-17(24)16-10-21-26-14(16)2/h10,13,15H,4-9,11-12H2,1-3H3,(H,22,24). The van der Waals surface area contributed by atoms with Crippen molar-refractivity contribution in [1.29, 1.82) is 0 Å². The van der Waals surface area contributed by atoms with E-state index in [1.54, 1.807) is 6.92 Å². The third kappa shape index (κ3) is 3.14. The number of nitrogens with zero attached hydrogens (tertiary/aromatic N) is 2. The summed E-state index contributed by atoms with van der Waals surface area (Å²) in [6.07, 6.45) is 7.82. The van der Waals surface area contributed by atoms with Gasteiger partial charge in [0, 0.05) is 24.5 Å². The molecule has 0 radical (unpaired) electrons. The monoisotopic (exact) mass is 359 g/mol. The van der Waals surface area contributed by atoms with Crippen molar-refractivity contribution in [2.45, 2.75) is 65.3 Å². The van der Waals surface area contributed by atoms with Gasteiger partial charge in [-0.05, 0) is 56.8 Å². The first-order valence-corrected chi connectivity index (χ1v) is 9.82. The second kappa shape index (κ2) is 6.10. The minimum atomic E-state index is -0.230. The van der Waals surface area contributed by atoms with Crippen LogP contribution >= 0.6 is 0 Å². The zero-order valence-corrected chi connectivity index (χ0v) is 16.0. The molecule has 3 aliphatic rings. The molecule has 3 fully saturated rings. The summed E-state index contributed by atoms with van der Waals surface area (Å²) in [5.74, 6) is 1.28. The average molecular weight is 359 g/mol. The lowest BCUT2D eigenvalue weighted by Gasteiger charge is -2.42. The summed E-state index contributed by atoms with van der Waals surface area (Å²) in [5.41, 5.74) is 0.470. The molecule has 0 aromatic carbocycles. The highest BCUT2D eigenvalue weighted by Gasteiger charge is 2.52. The van der Waals surface area contributed by atoms with Crippen LogP contribution in [0.2, 0.25) is 0 Å². The molecule has 6 heteroatoms. The topological polar surface area (TPSA) is 75.4 Å². The van der Waals surface area contributed by atoms with Crippen molar-refractivity contribution < 1.29 is 14.1 Å². The van der Waals surface area contributed by atoms with Gasteiger partial charge >= 0.3 is 0 Å². The van der Waals surface area contributed by atoms with Crippen LogP contribution in [0.3, 0.4) is 0 Å². The first-order valence-electron chi connectivity index (χ1n) is 9.82. The highest BCUT2D eigenvalue weighted by molar-refractivity contribution is 5.95. The number of likely N-dealkylation sites (tertiary alicyclic amines) is 1. The molecule has 1 aromatic rings. The van der Waals surface area contributed by atoms with Crippen LogP contribution in [-0.2, 0) is 4.79 Å². The number of piperidine rings is 1. The van der Waals surface area contributed by atoms with Crippen LogP contribution in [0, 0.1) is 23.7 Å². The lowest BCUT2D eigenvalue weighted by atomic mass is 9.83. The summed E-state index contributed by atoms with van der Waals surface area (Å²) >= 11 is 0. The van der Waals surface area contributed by atoms with Gasteiger partial charge in [0.05, 0.1) is 6.20 Å². The molecule has 2 amide bonds. The lowest BCUT2D eigenvalue weighted by Crippen LogP contribution is -2.55. The summed E-state index contributed by atoms with van der Waals surface area (Å²) in [6.45, 7) is 7.57. The summed E-state index contributed by atoms with van der Waals surface area (Å²) in [5, 5.41) is 6.81. The molecule has 2 aliphatic carbocycles. The second-order valence-corrected chi connectivity index (χ2v) is 9.26. The van der Waals surface area contributed by atoms with Crippen molar-refractivity contribution in [3.8, 4) is 0 Å². The summed E-state index contributed by atoms with van der Waals surface area (Å²) in [7, 11) is 0. The third-order valence-electron chi connectivity index (χ3n) is 6.73. The van der Waals surface area contributed by atoms with E-state index < -0.39 is 0 Å². The molecule has 1 aromatic heterocycles. The number of carbonyl (C=O) groups excluding carboxylic acids is 2. The molecule has 0 bridgehead atoms. The van der Waals surface area contributed by atoms with E-state index in [0.29, 0.717) is 23.8 Å². The maximum atomic E-state index is 13.3. The molecule has 1 spiro atoms. The minimum Gasteiger partial charge on any atom is -0.361 e. The normalized spacial score (nSPS) is 32.7. The predicted molar refractivity (Wildman–Crippen MR) is 96.5 cm³/mol. The van der Waals surface area contributed by atoms with Crippen LogP contribution in [0.15, 0.2) is 10.7 Å². The Morgan fingerprint density at radius 2 is 2.08 bits per heavy atom. The molecule has 1 aliphatic heterocycles. The van der Waals surface area contributed by atoms with Gasteiger partial charge in [0.1, 0.15) is 11.3 Å². The molecule has 6 nitrogen and oxygen atoms in total. The van der Waals surface area contributed by atoms with Crippen LogP contribution in [-0.4, -0.2) is 41.0 Å². The fourth-order valence-electron chi connectivity index (χ4n) is 5.07. The highest BCUT2D eigenvalue weighted by Crippen LogP contribution is 2.53. The minimum absolute atomic E-state index is 0.000531. The third-order valence-corrected chi connectivity index (χ3v) is 6.73. The Kier molecular flexibility index (Phi) is 4.12. The van der Waals surface area contributed by atoms with Gasteiger partial charge in [0.25, 0.3) is 5.91 Å². The second-order valence-electron chi connectivity index (χ2n) is 9.26. The Balaban J connectivity index is 1.47. The molecule has 1 saturated heterocycles. The zero-order valence-electron chi connectivity index (χ0n) is 16.0. The van der Waals surface area contributed by atoms with E-state index in [1.807, 2.05) is 4.90 Å². The van der Waals surface area contributed by atoms with Crippen LogP contribution in [0.5, 0.6) is 0 Å². The number of rotatable bonds is 3. The predicted octanol–water partition coefficient (Wildman–Crippen LogP) is 2.92. The number of hydrogen-bond acceptors (Lipinski definition) is 4. The fraction of sp³-hybridized carbons (Fsp3) is 0.750. The van der Waals surface area contributed by atoms with E-state index in [1.165, 1.54) is 6.20 Å². The van der Waals surface area contributed by atoms with Gasteiger partial charge in [-0.2, -0.15) is 0 Å². The number of carbonyl (C=O) groups is 2. The van der Waals surface area contributed by atoms with Gasteiger partial charge in [-0.1, -0.05) is 19.0 Å². The van der Waals surface area contributed by atoms with Crippen LogP contribution in [0.25, 0.3) is 0 Å². The average Bonchev–Trinajstić information content (AvgIpc) is 3.00. The largest absolute Gasteiger partial charge is 0.361 e. The van der Waals surface area contributed by atoms with Crippen molar-refractivity contribution in [3.63, 3.8) is 0 Å². The van der Waals surface area contributed by atoms with Crippen molar-refractivity contribution in [1.82, 2.24) is 15.4 Å². The van der Waals surface area contributed by atoms with Crippen molar-refractivity contribution in [2.24, 2.45) is 16.7 Å². The van der Waals surface area contributed by atoms with E-state index >= 15 is 0 Å². The Morgan fingerprint density at radius 1 is 1.31 bits per heavy atom. The quantitative estimate of drug-likeness (QED) is 0.900. The van der Waals surface area contributed by atoms with Crippen molar-refractivity contribution >= 4 is 11.8 Å². The Hall–Kier alpha value is -1.85. The van der Waals surface area contributed by atoms with Gasteiger partial charge in [0.2, 0.25) is 5.91 Å². The van der Waals surface area contributed by atoms with Crippen LogP contribution in [0.4, 0.5) is 0 Å². The Bertz CT molecular complexity index is 724. The first-order chi connectivity index (χ1) is 12.3. The summed E-state index contributed by atoms with van der Waals surface area (Å²) in [4.78, 5) is 27.9. The maximum Gasteiger partial charge on any atom is 0.256 e. The summed E-state index contributed by atoms with van der Waals surface area (Å²) < 4.78 is 5.00. The van der Waals surface area contributed by atoms with Crippen molar-refractivity contribution in [2.75, 3.05) is 13.1 Å². The van der Waals surface area contributed by atoms with E-state index in [4.69, 9.17) is 4.52 Å².